The van der Waals surface area contributed by atoms with Gasteiger partial charge in [-0.2, -0.15) is 0 Å². The highest BCUT2D eigenvalue weighted by Gasteiger charge is 2.06. The highest BCUT2D eigenvalue weighted by Crippen LogP contribution is 2.21. The fourth-order valence-corrected chi connectivity index (χ4v) is 4.03. The average Bonchev–Trinajstić information content (AvgIpc) is 3.06. The molecule has 27 heavy (non-hydrogen) atoms. The number of nitrogens with one attached hydrogen (secondary N) is 1. The molecule has 0 radical (unpaired) electrons. The Morgan fingerprint density at radius 1 is 1.07 bits per heavy atom. The summed E-state index contributed by atoms with van der Waals surface area (Å²) < 4.78 is 0. The number of aromatic nitrogens is 3. The molecule has 0 atom stereocenters. The van der Waals surface area contributed by atoms with Crippen molar-refractivity contribution in [2.24, 2.45) is 0 Å². The van der Waals surface area contributed by atoms with Crippen LogP contribution in [-0.2, 0) is 11.2 Å². The molecule has 140 valence electrons. The van der Waals surface area contributed by atoms with Gasteiger partial charge in [0.2, 0.25) is 5.91 Å². The smallest absolute Gasteiger partial charge is 0.230 e. The number of hydrogen-bond acceptors (Lipinski definition) is 6. The summed E-state index contributed by atoms with van der Waals surface area (Å²) in [6.45, 7) is 6.48. The van der Waals surface area contributed by atoms with Gasteiger partial charge < -0.3 is 5.32 Å². The number of benzene rings is 1. The highest BCUT2D eigenvalue weighted by molar-refractivity contribution is 7.99. The van der Waals surface area contributed by atoms with E-state index >= 15 is 0 Å². The van der Waals surface area contributed by atoms with Crippen LogP contribution in [0, 0.1) is 20.8 Å². The quantitative estimate of drug-likeness (QED) is 0.482. The molecular weight excluding hydrogens is 376 g/mol. The van der Waals surface area contributed by atoms with Crippen LogP contribution in [0.25, 0.3) is 11.3 Å². The standard InChI is InChI=1S/C20H22N4OS2/c1-13-10-14(2)23-20(22-13)27-12-19(25)21-9-8-16-4-6-17(7-5-16)18-11-26-15(3)24-18/h4-7,10-11H,8-9,12H2,1-3H3,(H,21,25). The number of carbonyl (C=O) groups is 1. The molecule has 0 fully saturated rings. The van der Waals surface area contributed by atoms with Crippen molar-refractivity contribution in [3.05, 3.63) is 57.7 Å². The molecule has 0 aliphatic carbocycles. The van der Waals surface area contributed by atoms with Gasteiger partial charge in [-0.1, -0.05) is 36.0 Å². The maximum absolute atomic E-state index is 12.0. The fraction of sp³-hybridized carbons (Fsp3) is 0.300. The number of hydrogen-bond donors (Lipinski definition) is 1. The summed E-state index contributed by atoms with van der Waals surface area (Å²) in [6, 6.07) is 10.3. The van der Waals surface area contributed by atoms with E-state index in [1.54, 1.807) is 11.3 Å². The SMILES string of the molecule is Cc1cc(C)nc(SCC(=O)NCCc2ccc(-c3csc(C)n3)cc2)n1. The summed E-state index contributed by atoms with van der Waals surface area (Å²) in [4.78, 5) is 25.2. The highest BCUT2D eigenvalue weighted by atomic mass is 32.2. The largest absolute Gasteiger partial charge is 0.355 e. The van der Waals surface area contributed by atoms with E-state index in [-0.39, 0.29) is 5.91 Å². The van der Waals surface area contributed by atoms with Crippen molar-refractivity contribution in [1.29, 1.82) is 0 Å². The van der Waals surface area contributed by atoms with Gasteiger partial charge in [0.15, 0.2) is 5.16 Å². The van der Waals surface area contributed by atoms with E-state index in [1.807, 2.05) is 26.8 Å². The molecule has 0 spiro atoms. The van der Waals surface area contributed by atoms with Crippen LogP contribution in [0.5, 0.6) is 0 Å². The summed E-state index contributed by atoms with van der Waals surface area (Å²) in [6.07, 6.45) is 0.798. The lowest BCUT2D eigenvalue weighted by Crippen LogP contribution is -2.27. The Labute approximate surface area is 167 Å². The maximum atomic E-state index is 12.0. The topological polar surface area (TPSA) is 67.8 Å². The van der Waals surface area contributed by atoms with Crippen LogP contribution in [0.2, 0.25) is 0 Å². The summed E-state index contributed by atoms with van der Waals surface area (Å²) in [5.74, 6) is 0.322. The minimum Gasteiger partial charge on any atom is -0.355 e. The lowest BCUT2D eigenvalue weighted by atomic mass is 10.1. The number of amides is 1. The zero-order valence-electron chi connectivity index (χ0n) is 15.7. The van der Waals surface area contributed by atoms with Crippen LogP contribution in [0.15, 0.2) is 40.9 Å². The van der Waals surface area contributed by atoms with Gasteiger partial charge in [-0.25, -0.2) is 15.0 Å². The molecule has 3 aromatic rings. The molecule has 1 aromatic carbocycles. The first kappa shape index (κ1) is 19.5. The molecule has 0 saturated heterocycles. The second kappa shape index (κ2) is 9.10. The normalized spacial score (nSPS) is 10.8. The summed E-state index contributed by atoms with van der Waals surface area (Å²) in [7, 11) is 0. The molecule has 0 aliphatic rings. The molecule has 2 heterocycles. The minimum atomic E-state index is -0.00247. The van der Waals surface area contributed by atoms with E-state index in [9.17, 15) is 4.79 Å². The molecule has 5 nitrogen and oxygen atoms in total. The Morgan fingerprint density at radius 2 is 1.78 bits per heavy atom. The molecule has 0 unspecified atom stereocenters. The van der Waals surface area contributed by atoms with Crippen LogP contribution in [-0.4, -0.2) is 33.2 Å². The van der Waals surface area contributed by atoms with E-state index in [0.29, 0.717) is 17.5 Å². The van der Waals surface area contributed by atoms with Crippen molar-refractivity contribution in [3.63, 3.8) is 0 Å². The predicted octanol–water partition coefficient (Wildman–Crippen LogP) is 3.98. The Kier molecular flexibility index (Phi) is 6.58. The van der Waals surface area contributed by atoms with E-state index in [1.165, 1.54) is 17.3 Å². The Balaban J connectivity index is 1.43. The predicted molar refractivity (Wildman–Crippen MR) is 111 cm³/mol. The summed E-state index contributed by atoms with van der Waals surface area (Å²) in [5.41, 5.74) is 5.17. The van der Waals surface area contributed by atoms with Crippen molar-refractivity contribution >= 4 is 29.0 Å². The van der Waals surface area contributed by atoms with Gasteiger partial charge in [0.05, 0.1) is 16.5 Å². The number of rotatable bonds is 7. The van der Waals surface area contributed by atoms with Gasteiger partial charge in [0, 0.05) is 28.9 Å². The van der Waals surface area contributed by atoms with E-state index in [0.717, 1.165) is 34.1 Å². The number of aryl methyl sites for hydroxylation is 3. The first-order chi connectivity index (χ1) is 13.0. The summed E-state index contributed by atoms with van der Waals surface area (Å²) in [5, 5.41) is 6.74. The molecule has 7 heteroatoms. The Hall–Kier alpha value is -2.25. The van der Waals surface area contributed by atoms with Crippen LogP contribution in [0.3, 0.4) is 0 Å². The second-order valence-electron chi connectivity index (χ2n) is 6.27. The number of thiazole rings is 1. The molecule has 2 aromatic heterocycles. The van der Waals surface area contributed by atoms with E-state index in [4.69, 9.17) is 0 Å². The molecule has 1 N–H and O–H groups in total. The number of thioether (sulfide) groups is 1. The van der Waals surface area contributed by atoms with Gasteiger partial charge in [0.1, 0.15) is 0 Å². The third kappa shape index (κ3) is 5.87. The Bertz CT molecular complexity index is 902. The lowest BCUT2D eigenvalue weighted by molar-refractivity contribution is -0.118. The molecule has 0 bridgehead atoms. The van der Waals surface area contributed by atoms with Gasteiger partial charge in [0.25, 0.3) is 0 Å². The molecule has 1 amide bonds. The third-order valence-corrected chi connectivity index (χ3v) is 5.52. The van der Waals surface area contributed by atoms with Gasteiger partial charge in [-0.05, 0) is 38.8 Å². The Morgan fingerprint density at radius 3 is 2.41 bits per heavy atom. The second-order valence-corrected chi connectivity index (χ2v) is 8.28. The van der Waals surface area contributed by atoms with Crippen LogP contribution in [0.1, 0.15) is 22.0 Å². The van der Waals surface area contributed by atoms with Crippen LogP contribution < -0.4 is 5.32 Å². The van der Waals surface area contributed by atoms with Crippen molar-refractivity contribution in [3.8, 4) is 11.3 Å². The van der Waals surface area contributed by atoms with E-state index < -0.39 is 0 Å². The first-order valence-corrected chi connectivity index (χ1v) is 10.6. The first-order valence-electron chi connectivity index (χ1n) is 8.73. The van der Waals surface area contributed by atoms with E-state index in [2.05, 4.69) is 49.9 Å². The van der Waals surface area contributed by atoms with Gasteiger partial charge >= 0.3 is 0 Å². The molecule has 0 saturated carbocycles. The van der Waals surface area contributed by atoms with Crippen molar-refractivity contribution in [2.75, 3.05) is 12.3 Å². The zero-order valence-corrected chi connectivity index (χ0v) is 17.3. The van der Waals surface area contributed by atoms with Crippen molar-refractivity contribution < 1.29 is 4.79 Å². The fourth-order valence-electron chi connectivity index (χ4n) is 2.62. The van der Waals surface area contributed by atoms with Crippen LogP contribution in [0.4, 0.5) is 0 Å². The number of carbonyl (C=O) groups excluding carboxylic acids is 1. The minimum absolute atomic E-state index is 0.00247. The molecule has 0 aliphatic heterocycles. The van der Waals surface area contributed by atoms with Crippen LogP contribution >= 0.6 is 23.1 Å². The number of nitrogens with zero attached hydrogens (tertiary/aromatic N) is 3. The van der Waals surface area contributed by atoms with Gasteiger partial charge in [-0.3, -0.25) is 4.79 Å². The average molecular weight is 399 g/mol. The van der Waals surface area contributed by atoms with Crippen molar-refractivity contribution in [1.82, 2.24) is 20.3 Å². The molecular formula is C20H22N4OS2. The molecule has 3 rings (SSSR count). The third-order valence-electron chi connectivity index (χ3n) is 3.90. The summed E-state index contributed by atoms with van der Waals surface area (Å²) >= 11 is 3.02. The van der Waals surface area contributed by atoms with Crippen molar-refractivity contribution in [2.45, 2.75) is 32.3 Å². The zero-order chi connectivity index (χ0) is 19.2. The lowest BCUT2D eigenvalue weighted by Gasteiger charge is -2.06. The monoisotopic (exact) mass is 398 g/mol. The maximum Gasteiger partial charge on any atom is 0.230 e. The van der Waals surface area contributed by atoms with Gasteiger partial charge in [-0.15, -0.1) is 11.3 Å².